The molecule has 0 fully saturated rings. The Morgan fingerprint density at radius 1 is 1.56 bits per heavy atom. The van der Waals surface area contributed by atoms with Crippen LogP contribution in [0.25, 0.3) is 0 Å². The van der Waals surface area contributed by atoms with Crippen LogP contribution in [0.4, 0.5) is 0 Å². The first kappa shape index (κ1) is 12.7. The molecule has 0 spiro atoms. The fraction of sp³-hybridized carbons (Fsp3) is 0.111. The molecule has 0 saturated carbocycles. The zero-order valence-electron chi connectivity index (χ0n) is 8.83. The van der Waals surface area contributed by atoms with Crippen LogP contribution in [0.1, 0.15) is 11.4 Å². The molecule has 7 nitrogen and oxygen atoms in total. The second-order valence-corrected chi connectivity index (χ2v) is 4.46. The number of thioether (sulfide) groups is 1. The molecule has 0 radical (unpaired) electrons. The molecule has 2 rings (SSSR count). The van der Waals surface area contributed by atoms with Crippen LogP contribution in [0.5, 0.6) is 0 Å². The van der Waals surface area contributed by atoms with Crippen LogP contribution in [0.3, 0.4) is 0 Å². The van der Waals surface area contributed by atoms with Gasteiger partial charge in [0.15, 0.2) is 15.9 Å². The Bertz CT molecular complexity index is 624. The molecule has 0 aromatic carbocycles. The molecule has 0 aliphatic carbocycles. The van der Waals surface area contributed by atoms with E-state index in [4.69, 9.17) is 16.8 Å². The monoisotopic (exact) mass is 286 g/mol. The largest absolute Gasteiger partial charge is 0.410 e. The van der Waals surface area contributed by atoms with Crippen molar-refractivity contribution in [2.45, 2.75) is 10.8 Å². The van der Waals surface area contributed by atoms with Gasteiger partial charge in [0.2, 0.25) is 5.56 Å². The van der Waals surface area contributed by atoms with Crippen molar-refractivity contribution in [3.8, 4) is 0 Å². The molecule has 0 atom stereocenters. The Morgan fingerprint density at radius 2 is 2.39 bits per heavy atom. The molecule has 0 amide bonds. The van der Waals surface area contributed by atoms with Crippen molar-refractivity contribution in [1.82, 2.24) is 15.3 Å². The minimum atomic E-state index is -0.208. The van der Waals surface area contributed by atoms with Gasteiger partial charge in [-0.05, 0) is 16.4 Å². The third-order valence-corrected chi connectivity index (χ3v) is 3.19. The number of hydrogen-bond acceptors (Lipinski definition) is 7. The van der Waals surface area contributed by atoms with E-state index in [9.17, 15) is 4.79 Å². The van der Waals surface area contributed by atoms with Crippen molar-refractivity contribution in [1.29, 1.82) is 0 Å². The van der Waals surface area contributed by atoms with E-state index in [1.54, 1.807) is 12.1 Å². The maximum absolute atomic E-state index is 11.1. The highest BCUT2D eigenvalue weighted by Gasteiger charge is 2.15. The van der Waals surface area contributed by atoms with E-state index in [1.807, 2.05) is 0 Å². The minimum absolute atomic E-state index is 0.155. The molecule has 94 valence electrons. The van der Waals surface area contributed by atoms with Gasteiger partial charge in [-0.25, -0.2) is 4.63 Å². The Hall–Kier alpha value is -1.80. The number of nitrogens with one attached hydrogen (secondary N) is 1. The fourth-order valence-electron chi connectivity index (χ4n) is 1.17. The predicted molar refractivity (Wildman–Crippen MR) is 65.1 cm³/mol. The molecule has 9 heteroatoms. The van der Waals surface area contributed by atoms with Crippen molar-refractivity contribution < 1.29 is 9.84 Å². The quantitative estimate of drug-likeness (QED) is 0.381. The summed E-state index contributed by atoms with van der Waals surface area (Å²) in [6.45, 7) is 0. The zero-order valence-corrected chi connectivity index (χ0v) is 10.4. The van der Waals surface area contributed by atoms with Crippen LogP contribution in [0.2, 0.25) is 0 Å². The van der Waals surface area contributed by atoms with Gasteiger partial charge < -0.3 is 10.2 Å². The Morgan fingerprint density at radius 3 is 3.11 bits per heavy atom. The number of rotatable bonds is 4. The van der Waals surface area contributed by atoms with E-state index in [0.29, 0.717) is 10.8 Å². The Kier molecular flexibility index (Phi) is 4.00. The molecule has 0 saturated heterocycles. The molecule has 2 N–H and O–H groups in total. The molecular weight excluding hydrogens is 280 g/mol. The molecule has 0 bridgehead atoms. The highest BCUT2D eigenvalue weighted by molar-refractivity contribution is 7.98. The van der Waals surface area contributed by atoms with Gasteiger partial charge in [0.25, 0.3) is 0 Å². The van der Waals surface area contributed by atoms with Gasteiger partial charge in [-0.3, -0.25) is 4.79 Å². The standard InChI is InChI=1S/C9H7ClN4O3S/c10-8(12-16)7-9(14-17-13-7)18-4-5-2-1-3-6(15)11-5/h1-3,16H,4H2,(H,11,15)/b12-8-. The van der Waals surface area contributed by atoms with Crippen LogP contribution in [-0.2, 0) is 5.75 Å². The molecule has 0 aliphatic rings. The number of hydrogen-bond donors (Lipinski definition) is 2. The summed E-state index contributed by atoms with van der Waals surface area (Å²) in [6.07, 6.45) is 0. The summed E-state index contributed by atoms with van der Waals surface area (Å²) in [5, 5.41) is 18.7. The number of pyridine rings is 1. The molecule has 0 aliphatic heterocycles. The number of oxime groups is 1. The van der Waals surface area contributed by atoms with Gasteiger partial charge >= 0.3 is 0 Å². The predicted octanol–water partition coefficient (Wildman–Crippen LogP) is 1.42. The number of nitrogens with zero attached hydrogens (tertiary/aromatic N) is 3. The van der Waals surface area contributed by atoms with Crippen molar-refractivity contribution in [3.63, 3.8) is 0 Å². The van der Waals surface area contributed by atoms with E-state index < -0.39 is 0 Å². The normalized spacial score (nSPS) is 11.7. The van der Waals surface area contributed by atoms with Gasteiger partial charge in [0.05, 0.1) is 0 Å². The van der Waals surface area contributed by atoms with E-state index in [1.165, 1.54) is 17.8 Å². The zero-order chi connectivity index (χ0) is 13.0. The lowest BCUT2D eigenvalue weighted by Gasteiger charge is -1.98. The lowest BCUT2D eigenvalue weighted by atomic mass is 10.4. The number of halogens is 1. The van der Waals surface area contributed by atoms with E-state index >= 15 is 0 Å². The van der Waals surface area contributed by atoms with Gasteiger partial charge in [0.1, 0.15) is 0 Å². The van der Waals surface area contributed by atoms with Crippen LogP contribution in [0, 0.1) is 0 Å². The van der Waals surface area contributed by atoms with Crippen LogP contribution in [-0.4, -0.2) is 25.7 Å². The SMILES string of the molecule is O=c1cccc(CSc2nonc2/C(Cl)=N/O)[nH]1. The molecule has 0 unspecified atom stereocenters. The van der Waals surface area contributed by atoms with Crippen LogP contribution < -0.4 is 5.56 Å². The summed E-state index contributed by atoms with van der Waals surface area (Å²) in [6, 6.07) is 4.84. The Balaban J connectivity index is 2.11. The van der Waals surface area contributed by atoms with Crippen LogP contribution in [0.15, 0.2) is 37.8 Å². The van der Waals surface area contributed by atoms with Crippen molar-refractivity contribution in [3.05, 3.63) is 39.9 Å². The van der Waals surface area contributed by atoms with Crippen LogP contribution >= 0.6 is 23.4 Å². The number of aromatic nitrogens is 3. The molecule has 2 aromatic heterocycles. The summed E-state index contributed by atoms with van der Waals surface area (Å²) >= 11 is 6.86. The number of H-pyrrole nitrogens is 1. The molecule has 2 aromatic rings. The molecular formula is C9H7ClN4O3S. The maximum Gasteiger partial charge on any atom is 0.248 e. The van der Waals surface area contributed by atoms with E-state index in [-0.39, 0.29) is 16.4 Å². The third-order valence-electron chi connectivity index (χ3n) is 1.93. The third kappa shape index (κ3) is 2.90. The van der Waals surface area contributed by atoms with Crippen molar-refractivity contribution >= 4 is 28.5 Å². The highest BCUT2D eigenvalue weighted by Crippen LogP contribution is 2.23. The fourth-order valence-corrected chi connectivity index (χ4v) is 2.17. The summed E-state index contributed by atoms with van der Waals surface area (Å²) in [4.78, 5) is 13.8. The molecule has 18 heavy (non-hydrogen) atoms. The smallest absolute Gasteiger partial charge is 0.248 e. The minimum Gasteiger partial charge on any atom is -0.410 e. The summed E-state index contributed by atoms with van der Waals surface area (Å²) in [5.41, 5.74) is 0.697. The summed E-state index contributed by atoms with van der Waals surface area (Å²) < 4.78 is 4.51. The Labute approximate surface area is 110 Å². The molecule has 2 heterocycles. The average molecular weight is 287 g/mol. The highest BCUT2D eigenvalue weighted by atomic mass is 35.5. The van der Waals surface area contributed by atoms with Gasteiger partial charge in [0, 0.05) is 17.5 Å². The maximum atomic E-state index is 11.1. The summed E-state index contributed by atoms with van der Waals surface area (Å²) in [7, 11) is 0. The second kappa shape index (κ2) is 5.69. The van der Waals surface area contributed by atoms with E-state index in [2.05, 4.69) is 25.1 Å². The average Bonchev–Trinajstić information content (AvgIpc) is 2.84. The lowest BCUT2D eigenvalue weighted by molar-refractivity contribution is 0.297. The second-order valence-electron chi connectivity index (χ2n) is 3.14. The topological polar surface area (TPSA) is 104 Å². The van der Waals surface area contributed by atoms with Crippen molar-refractivity contribution in [2.75, 3.05) is 0 Å². The van der Waals surface area contributed by atoms with Gasteiger partial charge in [-0.1, -0.05) is 34.6 Å². The van der Waals surface area contributed by atoms with Crippen molar-refractivity contribution in [2.24, 2.45) is 5.16 Å². The first-order valence-electron chi connectivity index (χ1n) is 4.72. The summed E-state index contributed by atoms with van der Waals surface area (Å²) in [5.74, 6) is 0.451. The number of aromatic amines is 1. The lowest BCUT2D eigenvalue weighted by Crippen LogP contribution is -2.05. The van der Waals surface area contributed by atoms with Gasteiger partial charge in [-0.15, -0.1) is 0 Å². The first-order valence-corrected chi connectivity index (χ1v) is 6.08. The van der Waals surface area contributed by atoms with Gasteiger partial charge in [-0.2, -0.15) is 0 Å². The first-order chi connectivity index (χ1) is 8.70. The van der Waals surface area contributed by atoms with E-state index in [0.717, 1.165) is 5.69 Å².